The molecule has 78 valence electrons. The maximum absolute atomic E-state index is 13.4. The summed E-state index contributed by atoms with van der Waals surface area (Å²) in [5.74, 6) is -0.964. The number of halogens is 1. The Hall–Kier alpha value is -1.71. The Kier molecular flexibility index (Phi) is 2.26. The Bertz CT molecular complexity index is 442. The zero-order chi connectivity index (χ0) is 11.0. The van der Waals surface area contributed by atoms with Crippen molar-refractivity contribution in [1.82, 2.24) is 0 Å². The number of hydrogen-bond donors (Lipinski definition) is 0. The van der Waals surface area contributed by atoms with Crippen LogP contribution in [0.2, 0.25) is 0 Å². The predicted molar refractivity (Wildman–Crippen MR) is 53.1 cm³/mol. The molecule has 1 saturated heterocycles. The molecule has 0 N–H and O–H groups in total. The smallest absolute Gasteiger partial charge is 0.235 e. The van der Waals surface area contributed by atoms with E-state index >= 15 is 0 Å². The first-order valence-corrected chi connectivity index (χ1v) is 4.66. The molecule has 1 fully saturated rings. The van der Waals surface area contributed by atoms with Gasteiger partial charge in [-0.3, -0.25) is 9.59 Å². The molecule has 15 heavy (non-hydrogen) atoms. The first-order valence-electron chi connectivity index (χ1n) is 4.66. The van der Waals surface area contributed by atoms with Crippen LogP contribution < -0.4 is 4.90 Å². The van der Waals surface area contributed by atoms with E-state index in [1.807, 2.05) is 6.92 Å². The molecule has 0 saturated carbocycles. The lowest BCUT2D eigenvalue weighted by molar-refractivity contribution is -0.121. The summed E-state index contributed by atoms with van der Waals surface area (Å²) >= 11 is 0. The van der Waals surface area contributed by atoms with Crippen molar-refractivity contribution in [3.8, 4) is 0 Å². The first kappa shape index (κ1) is 9.83. The van der Waals surface area contributed by atoms with Crippen LogP contribution in [0.15, 0.2) is 18.2 Å². The summed E-state index contributed by atoms with van der Waals surface area (Å²) in [7, 11) is 0. The van der Waals surface area contributed by atoms with Gasteiger partial charge in [-0.15, -0.1) is 0 Å². The number of ketones is 1. The summed E-state index contributed by atoms with van der Waals surface area (Å²) in [6, 6.07) is 4.51. The highest BCUT2D eigenvalue weighted by Crippen LogP contribution is 2.24. The molecule has 0 atom stereocenters. The summed E-state index contributed by atoms with van der Waals surface area (Å²) in [6.45, 7) is 1.80. The zero-order valence-electron chi connectivity index (χ0n) is 8.29. The van der Waals surface area contributed by atoms with Crippen molar-refractivity contribution in [2.75, 3.05) is 11.4 Å². The minimum Gasteiger partial charge on any atom is -0.302 e. The topological polar surface area (TPSA) is 37.4 Å². The molecule has 2 rings (SSSR count). The molecule has 0 aliphatic carbocycles. The Labute approximate surface area is 86.5 Å². The second-order valence-electron chi connectivity index (χ2n) is 3.65. The van der Waals surface area contributed by atoms with E-state index in [0.29, 0.717) is 0 Å². The Morgan fingerprint density at radius 3 is 2.67 bits per heavy atom. The van der Waals surface area contributed by atoms with E-state index in [0.717, 1.165) is 5.56 Å². The molecular formula is C11H10FNO2. The second-order valence-corrected chi connectivity index (χ2v) is 3.65. The van der Waals surface area contributed by atoms with Crippen molar-refractivity contribution in [1.29, 1.82) is 0 Å². The Balaban J connectivity index is 2.41. The van der Waals surface area contributed by atoms with Crippen LogP contribution in [0, 0.1) is 12.7 Å². The molecule has 0 unspecified atom stereocenters. The summed E-state index contributed by atoms with van der Waals surface area (Å²) in [5.41, 5.74) is 1.06. The number of amides is 1. The SMILES string of the molecule is Cc1ccc(F)c(N2CC(=O)CC2=O)c1. The summed E-state index contributed by atoms with van der Waals surface area (Å²) in [5, 5.41) is 0. The van der Waals surface area contributed by atoms with E-state index in [1.165, 1.54) is 11.0 Å². The average Bonchev–Trinajstić information content (AvgIpc) is 2.50. The van der Waals surface area contributed by atoms with Crippen LogP contribution in [0.5, 0.6) is 0 Å². The van der Waals surface area contributed by atoms with E-state index in [9.17, 15) is 14.0 Å². The molecule has 1 aliphatic rings. The molecule has 4 heteroatoms. The van der Waals surface area contributed by atoms with E-state index < -0.39 is 5.82 Å². The van der Waals surface area contributed by atoms with Gasteiger partial charge in [-0.05, 0) is 24.6 Å². The standard InChI is InChI=1S/C11H10FNO2/c1-7-2-3-9(12)10(4-7)13-6-8(14)5-11(13)15/h2-4H,5-6H2,1H3. The van der Waals surface area contributed by atoms with Gasteiger partial charge in [-0.1, -0.05) is 6.07 Å². The zero-order valence-corrected chi connectivity index (χ0v) is 8.29. The fourth-order valence-corrected chi connectivity index (χ4v) is 1.63. The van der Waals surface area contributed by atoms with Crippen LogP contribution in [0.3, 0.4) is 0 Å². The Morgan fingerprint density at radius 2 is 2.07 bits per heavy atom. The molecule has 1 aliphatic heterocycles. The lowest BCUT2D eigenvalue weighted by atomic mass is 10.2. The minimum absolute atomic E-state index is 0.0147. The fraction of sp³-hybridized carbons (Fsp3) is 0.273. The Morgan fingerprint density at radius 1 is 1.33 bits per heavy atom. The molecule has 0 aromatic heterocycles. The molecule has 3 nitrogen and oxygen atoms in total. The van der Waals surface area contributed by atoms with Crippen LogP contribution in [0.25, 0.3) is 0 Å². The second kappa shape index (κ2) is 3.46. The van der Waals surface area contributed by atoms with Gasteiger partial charge in [0, 0.05) is 0 Å². The van der Waals surface area contributed by atoms with Gasteiger partial charge in [0.2, 0.25) is 5.91 Å². The van der Waals surface area contributed by atoms with Gasteiger partial charge >= 0.3 is 0 Å². The van der Waals surface area contributed by atoms with E-state index in [1.54, 1.807) is 12.1 Å². The van der Waals surface area contributed by atoms with Crippen LogP contribution >= 0.6 is 0 Å². The van der Waals surface area contributed by atoms with Gasteiger partial charge in [0.25, 0.3) is 0 Å². The van der Waals surface area contributed by atoms with Crippen molar-refractivity contribution in [2.24, 2.45) is 0 Å². The van der Waals surface area contributed by atoms with Crippen molar-refractivity contribution in [3.63, 3.8) is 0 Å². The van der Waals surface area contributed by atoms with Crippen LogP contribution in [-0.4, -0.2) is 18.2 Å². The number of hydrogen-bond acceptors (Lipinski definition) is 2. The molecule has 1 aromatic carbocycles. The van der Waals surface area contributed by atoms with Crippen molar-refractivity contribution in [2.45, 2.75) is 13.3 Å². The molecular weight excluding hydrogens is 197 g/mol. The molecule has 1 amide bonds. The first-order chi connectivity index (χ1) is 7.08. The number of benzene rings is 1. The van der Waals surface area contributed by atoms with Crippen LogP contribution in [0.4, 0.5) is 10.1 Å². The largest absolute Gasteiger partial charge is 0.302 e. The van der Waals surface area contributed by atoms with Crippen LogP contribution in [0.1, 0.15) is 12.0 Å². The highest BCUT2D eigenvalue weighted by atomic mass is 19.1. The van der Waals surface area contributed by atoms with Gasteiger partial charge in [0.15, 0.2) is 5.78 Å². The lowest BCUT2D eigenvalue weighted by Crippen LogP contribution is -2.25. The van der Waals surface area contributed by atoms with Crippen molar-refractivity contribution >= 4 is 17.4 Å². The van der Waals surface area contributed by atoms with Gasteiger partial charge in [-0.2, -0.15) is 0 Å². The maximum Gasteiger partial charge on any atom is 0.235 e. The predicted octanol–water partition coefficient (Wildman–Crippen LogP) is 1.44. The maximum atomic E-state index is 13.4. The average molecular weight is 207 g/mol. The quantitative estimate of drug-likeness (QED) is 0.653. The molecule has 1 heterocycles. The number of Topliss-reactive ketones (excluding diaryl/α,β-unsaturated/α-hetero) is 1. The summed E-state index contributed by atoms with van der Waals surface area (Å²) in [4.78, 5) is 23.6. The molecule has 1 aromatic rings. The van der Waals surface area contributed by atoms with Gasteiger partial charge in [-0.25, -0.2) is 4.39 Å². The van der Waals surface area contributed by atoms with Crippen molar-refractivity contribution < 1.29 is 14.0 Å². The van der Waals surface area contributed by atoms with E-state index in [4.69, 9.17) is 0 Å². The van der Waals surface area contributed by atoms with Gasteiger partial charge in [0.1, 0.15) is 5.82 Å². The third-order valence-corrected chi connectivity index (χ3v) is 2.38. The van der Waals surface area contributed by atoms with Crippen molar-refractivity contribution in [3.05, 3.63) is 29.6 Å². The number of aryl methyl sites for hydroxylation is 1. The van der Waals surface area contributed by atoms with E-state index in [-0.39, 0.29) is 30.3 Å². The number of anilines is 1. The van der Waals surface area contributed by atoms with Gasteiger partial charge in [0.05, 0.1) is 18.7 Å². The highest BCUT2D eigenvalue weighted by Gasteiger charge is 2.30. The summed E-state index contributed by atoms with van der Waals surface area (Å²) in [6.07, 6.45) is -0.118. The normalized spacial score (nSPS) is 16.3. The number of rotatable bonds is 1. The lowest BCUT2D eigenvalue weighted by Gasteiger charge is -2.15. The molecule has 0 bridgehead atoms. The molecule has 0 spiro atoms. The number of carbonyl (C=O) groups excluding carboxylic acids is 2. The third-order valence-electron chi connectivity index (χ3n) is 2.38. The van der Waals surface area contributed by atoms with Crippen LogP contribution in [-0.2, 0) is 9.59 Å². The number of carbonyl (C=O) groups is 2. The minimum atomic E-state index is -0.469. The van der Waals surface area contributed by atoms with Gasteiger partial charge < -0.3 is 4.90 Å². The third kappa shape index (κ3) is 1.75. The van der Waals surface area contributed by atoms with E-state index in [2.05, 4.69) is 0 Å². The highest BCUT2D eigenvalue weighted by molar-refractivity contribution is 6.15. The fourth-order valence-electron chi connectivity index (χ4n) is 1.63. The monoisotopic (exact) mass is 207 g/mol. The summed E-state index contributed by atoms with van der Waals surface area (Å²) < 4.78 is 13.4. The molecule has 0 radical (unpaired) electrons. The number of nitrogens with zero attached hydrogens (tertiary/aromatic N) is 1.